The van der Waals surface area contributed by atoms with Crippen molar-refractivity contribution >= 4 is 17.4 Å². The molecule has 0 spiro atoms. The Hall–Kier alpha value is -1.07. The standard InChI is InChI=1S/C19H31NO3S/c1-15(17-11-8-14-24-17)22-13-7-10-16-9-5-6-12-20(16)18(21)23-19(2,3)4/h8,11,14-16H,5-7,9-10,12-13H2,1-4H3/t15-,16+/m1/s1. The Bertz CT molecular complexity index is 495. The van der Waals surface area contributed by atoms with Crippen molar-refractivity contribution in [2.45, 2.75) is 77.5 Å². The van der Waals surface area contributed by atoms with Gasteiger partial charge < -0.3 is 14.4 Å². The van der Waals surface area contributed by atoms with Crippen LogP contribution in [0.25, 0.3) is 0 Å². The number of carbonyl (C=O) groups excluding carboxylic acids is 1. The molecule has 0 unspecified atom stereocenters. The molecule has 5 heteroatoms. The van der Waals surface area contributed by atoms with E-state index in [1.54, 1.807) is 11.3 Å². The van der Waals surface area contributed by atoms with E-state index in [-0.39, 0.29) is 18.2 Å². The largest absolute Gasteiger partial charge is 0.444 e. The smallest absolute Gasteiger partial charge is 0.410 e. The Kier molecular flexibility index (Phi) is 7.11. The van der Waals surface area contributed by atoms with Gasteiger partial charge in [0.15, 0.2) is 0 Å². The lowest BCUT2D eigenvalue weighted by Gasteiger charge is -2.37. The van der Waals surface area contributed by atoms with Gasteiger partial charge in [0.2, 0.25) is 0 Å². The lowest BCUT2D eigenvalue weighted by Crippen LogP contribution is -2.46. The summed E-state index contributed by atoms with van der Waals surface area (Å²) in [7, 11) is 0. The van der Waals surface area contributed by atoms with Crippen molar-refractivity contribution in [2.24, 2.45) is 0 Å². The van der Waals surface area contributed by atoms with E-state index in [1.807, 2.05) is 25.7 Å². The van der Waals surface area contributed by atoms with Crippen LogP contribution in [0.5, 0.6) is 0 Å². The van der Waals surface area contributed by atoms with Crippen molar-refractivity contribution in [1.29, 1.82) is 0 Å². The molecule has 1 amide bonds. The minimum absolute atomic E-state index is 0.151. The van der Waals surface area contributed by atoms with E-state index in [4.69, 9.17) is 9.47 Å². The quantitative estimate of drug-likeness (QED) is 0.643. The molecule has 0 aliphatic carbocycles. The molecule has 4 nitrogen and oxygen atoms in total. The normalized spacial score (nSPS) is 20.0. The average Bonchev–Trinajstić information content (AvgIpc) is 3.04. The monoisotopic (exact) mass is 353 g/mol. The third-order valence-corrected chi connectivity index (χ3v) is 5.28. The molecule has 1 aliphatic heterocycles. The number of nitrogens with zero attached hydrogens (tertiary/aromatic N) is 1. The Labute approximate surface area is 150 Å². The molecule has 2 atom stereocenters. The van der Waals surface area contributed by atoms with E-state index in [1.165, 1.54) is 11.3 Å². The molecule has 1 aromatic rings. The molecule has 0 bridgehead atoms. The first kappa shape index (κ1) is 19.3. The van der Waals surface area contributed by atoms with Crippen molar-refractivity contribution in [3.63, 3.8) is 0 Å². The van der Waals surface area contributed by atoms with Crippen molar-refractivity contribution in [2.75, 3.05) is 13.2 Å². The minimum Gasteiger partial charge on any atom is -0.444 e. The third kappa shape index (κ3) is 6.10. The van der Waals surface area contributed by atoms with E-state index in [0.717, 1.165) is 38.8 Å². The summed E-state index contributed by atoms with van der Waals surface area (Å²) in [5, 5.41) is 2.08. The second-order valence-electron chi connectivity index (χ2n) is 7.49. The predicted octanol–water partition coefficient (Wildman–Crippen LogP) is 5.40. The van der Waals surface area contributed by atoms with Crippen LogP contribution in [0.4, 0.5) is 4.79 Å². The molecule has 1 saturated heterocycles. The number of ether oxygens (including phenoxy) is 2. The maximum Gasteiger partial charge on any atom is 0.410 e. The van der Waals surface area contributed by atoms with Gasteiger partial charge >= 0.3 is 6.09 Å². The number of piperidine rings is 1. The van der Waals surface area contributed by atoms with E-state index < -0.39 is 5.60 Å². The summed E-state index contributed by atoms with van der Waals surface area (Å²) < 4.78 is 11.5. The Morgan fingerprint density at radius 3 is 2.88 bits per heavy atom. The number of carbonyl (C=O) groups is 1. The molecule has 1 fully saturated rings. The maximum absolute atomic E-state index is 12.4. The zero-order valence-electron chi connectivity index (χ0n) is 15.4. The van der Waals surface area contributed by atoms with Crippen LogP contribution in [0, 0.1) is 0 Å². The van der Waals surface area contributed by atoms with Crippen molar-refractivity contribution < 1.29 is 14.3 Å². The lowest BCUT2D eigenvalue weighted by molar-refractivity contribution is 0.00602. The van der Waals surface area contributed by atoms with E-state index in [0.29, 0.717) is 0 Å². The third-order valence-electron chi connectivity index (χ3n) is 4.25. The van der Waals surface area contributed by atoms with Gasteiger partial charge in [0.25, 0.3) is 0 Å². The van der Waals surface area contributed by atoms with Gasteiger partial charge in [-0.1, -0.05) is 6.07 Å². The topological polar surface area (TPSA) is 38.8 Å². The van der Waals surface area contributed by atoms with Crippen LogP contribution in [0.15, 0.2) is 17.5 Å². The maximum atomic E-state index is 12.4. The molecule has 1 aromatic heterocycles. The summed E-state index contributed by atoms with van der Waals surface area (Å²) in [4.78, 5) is 15.6. The molecule has 2 rings (SSSR count). The highest BCUT2D eigenvalue weighted by Gasteiger charge is 2.30. The molecular weight excluding hydrogens is 322 g/mol. The highest BCUT2D eigenvalue weighted by atomic mass is 32.1. The highest BCUT2D eigenvalue weighted by molar-refractivity contribution is 7.10. The Morgan fingerprint density at radius 2 is 2.21 bits per heavy atom. The van der Waals surface area contributed by atoms with E-state index >= 15 is 0 Å². The second kappa shape index (κ2) is 8.86. The van der Waals surface area contributed by atoms with Crippen LogP contribution in [0.3, 0.4) is 0 Å². The Balaban J connectivity index is 1.75. The highest BCUT2D eigenvalue weighted by Crippen LogP contribution is 2.25. The molecule has 0 saturated carbocycles. The van der Waals surface area contributed by atoms with Crippen LogP contribution >= 0.6 is 11.3 Å². The molecule has 0 aromatic carbocycles. The average molecular weight is 354 g/mol. The summed E-state index contributed by atoms with van der Waals surface area (Å²) in [6.45, 7) is 9.40. The number of amides is 1. The lowest BCUT2D eigenvalue weighted by atomic mass is 9.98. The van der Waals surface area contributed by atoms with Crippen LogP contribution in [0.2, 0.25) is 0 Å². The number of thiophene rings is 1. The van der Waals surface area contributed by atoms with Gasteiger partial charge in [0.1, 0.15) is 5.60 Å². The van der Waals surface area contributed by atoms with Gasteiger partial charge in [-0.05, 0) is 71.2 Å². The predicted molar refractivity (Wildman–Crippen MR) is 98.5 cm³/mol. The van der Waals surface area contributed by atoms with Gasteiger partial charge in [-0.2, -0.15) is 0 Å². The second-order valence-corrected chi connectivity index (χ2v) is 8.47. The van der Waals surface area contributed by atoms with Crippen LogP contribution in [0.1, 0.15) is 70.8 Å². The fraction of sp³-hybridized carbons (Fsp3) is 0.737. The Morgan fingerprint density at radius 1 is 1.42 bits per heavy atom. The molecule has 0 radical (unpaired) electrons. The number of hydrogen-bond donors (Lipinski definition) is 0. The number of rotatable bonds is 6. The van der Waals surface area contributed by atoms with E-state index in [9.17, 15) is 4.79 Å². The first-order valence-corrected chi connectivity index (χ1v) is 9.89. The van der Waals surface area contributed by atoms with Gasteiger partial charge in [-0.25, -0.2) is 4.79 Å². The van der Waals surface area contributed by atoms with Gasteiger partial charge in [-0.3, -0.25) is 0 Å². The van der Waals surface area contributed by atoms with Crippen LogP contribution in [-0.2, 0) is 9.47 Å². The SMILES string of the molecule is C[C@@H](OCCC[C@@H]1CCCCN1C(=O)OC(C)(C)C)c1cccs1. The molecule has 136 valence electrons. The van der Waals surface area contributed by atoms with Gasteiger partial charge in [0.05, 0.1) is 6.10 Å². The van der Waals surface area contributed by atoms with Crippen molar-refractivity contribution in [1.82, 2.24) is 4.90 Å². The summed E-state index contributed by atoms with van der Waals surface area (Å²) in [6, 6.07) is 4.45. The van der Waals surface area contributed by atoms with Crippen molar-refractivity contribution in [3.8, 4) is 0 Å². The van der Waals surface area contributed by atoms with Crippen LogP contribution in [-0.4, -0.2) is 35.8 Å². The fourth-order valence-electron chi connectivity index (χ4n) is 3.05. The molecule has 1 aliphatic rings. The van der Waals surface area contributed by atoms with Gasteiger partial charge in [-0.15, -0.1) is 11.3 Å². The van der Waals surface area contributed by atoms with E-state index in [2.05, 4.69) is 24.4 Å². The summed E-state index contributed by atoms with van der Waals surface area (Å²) in [5.41, 5.74) is -0.432. The van der Waals surface area contributed by atoms with Crippen molar-refractivity contribution in [3.05, 3.63) is 22.4 Å². The fourth-order valence-corrected chi connectivity index (χ4v) is 3.78. The number of hydrogen-bond acceptors (Lipinski definition) is 4. The molecule has 24 heavy (non-hydrogen) atoms. The molecular formula is C19H31NO3S. The zero-order valence-corrected chi connectivity index (χ0v) is 16.2. The zero-order chi connectivity index (χ0) is 17.6. The summed E-state index contributed by atoms with van der Waals surface area (Å²) in [5.74, 6) is 0. The van der Waals surface area contributed by atoms with Gasteiger partial charge in [0, 0.05) is 24.1 Å². The summed E-state index contributed by atoms with van der Waals surface area (Å²) >= 11 is 1.73. The first-order valence-electron chi connectivity index (χ1n) is 9.01. The number of likely N-dealkylation sites (tertiary alicyclic amines) is 1. The first-order chi connectivity index (χ1) is 11.4. The molecule has 0 N–H and O–H groups in total. The molecule has 2 heterocycles. The van der Waals surface area contributed by atoms with Crippen LogP contribution < -0.4 is 0 Å². The summed E-state index contributed by atoms with van der Waals surface area (Å²) in [6.07, 6.45) is 5.27. The minimum atomic E-state index is -0.432.